The quantitative estimate of drug-likeness (QED) is 0.792. The highest BCUT2D eigenvalue weighted by molar-refractivity contribution is 5.50. The Morgan fingerprint density at radius 2 is 2.39 bits per heavy atom. The predicted molar refractivity (Wildman–Crippen MR) is 64.9 cm³/mol. The third kappa shape index (κ3) is 2.93. The molecule has 7 nitrogen and oxygen atoms in total. The van der Waals surface area contributed by atoms with Crippen LogP contribution in [0.5, 0.6) is 0 Å². The SMILES string of the molecule is CNC(COC)Cc1nc(-c2cnn(C)c2)no1. The summed E-state index contributed by atoms with van der Waals surface area (Å²) in [5, 5.41) is 11.1. The molecule has 98 valence electrons. The number of aryl methyl sites for hydroxylation is 1. The van der Waals surface area contributed by atoms with Crippen molar-refractivity contribution in [1.29, 1.82) is 0 Å². The molecule has 0 spiro atoms. The van der Waals surface area contributed by atoms with Crippen LogP contribution in [0.3, 0.4) is 0 Å². The van der Waals surface area contributed by atoms with E-state index in [1.54, 1.807) is 18.0 Å². The summed E-state index contributed by atoms with van der Waals surface area (Å²) >= 11 is 0. The van der Waals surface area contributed by atoms with Crippen molar-refractivity contribution >= 4 is 0 Å². The fraction of sp³-hybridized carbons (Fsp3) is 0.545. The Morgan fingerprint density at radius 1 is 1.56 bits per heavy atom. The van der Waals surface area contributed by atoms with Crippen molar-refractivity contribution in [2.24, 2.45) is 7.05 Å². The van der Waals surface area contributed by atoms with Crippen molar-refractivity contribution in [3.63, 3.8) is 0 Å². The zero-order chi connectivity index (χ0) is 13.0. The van der Waals surface area contributed by atoms with Crippen LogP contribution in [0.25, 0.3) is 11.4 Å². The van der Waals surface area contributed by atoms with Gasteiger partial charge in [0.15, 0.2) is 0 Å². The zero-order valence-corrected chi connectivity index (χ0v) is 10.8. The maximum atomic E-state index is 5.21. The van der Waals surface area contributed by atoms with E-state index in [0.29, 0.717) is 24.7 Å². The van der Waals surface area contributed by atoms with Gasteiger partial charge < -0.3 is 14.6 Å². The topological polar surface area (TPSA) is 78.0 Å². The van der Waals surface area contributed by atoms with Gasteiger partial charge in [-0.25, -0.2) is 0 Å². The Labute approximate surface area is 105 Å². The first-order chi connectivity index (χ1) is 8.72. The fourth-order valence-corrected chi connectivity index (χ4v) is 1.65. The zero-order valence-electron chi connectivity index (χ0n) is 10.8. The van der Waals surface area contributed by atoms with Crippen LogP contribution in [0.15, 0.2) is 16.9 Å². The van der Waals surface area contributed by atoms with Gasteiger partial charge >= 0.3 is 0 Å². The van der Waals surface area contributed by atoms with E-state index < -0.39 is 0 Å². The molecule has 0 radical (unpaired) electrons. The second-order valence-corrected chi connectivity index (χ2v) is 4.06. The van der Waals surface area contributed by atoms with Crippen LogP contribution in [-0.4, -0.2) is 46.7 Å². The van der Waals surface area contributed by atoms with E-state index in [4.69, 9.17) is 9.26 Å². The van der Waals surface area contributed by atoms with E-state index in [1.165, 1.54) is 0 Å². The number of rotatable bonds is 6. The number of nitrogens with one attached hydrogen (secondary N) is 1. The average molecular weight is 251 g/mol. The number of likely N-dealkylation sites (N-methyl/N-ethyl adjacent to an activating group) is 1. The second-order valence-electron chi connectivity index (χ2n) is 4.06. The van der Waals surface area contributed by atoms with Crippen LogP contribution in [0, 0.1) is 0 Å². The van der Waals surface area contributed by atoms with Crippen LogP contribution in [0.2, 0.25) is 0 Å². The smallest absolute Gasteiger partial charge is 0.228 e. The van der Waals surface area contributed by atoms with Gasteiger partial charge in [0.05, 0.1) is 18.4 Å². The lowest BCUT2D eigenvalue weighted by Crippen LogP contribution is -2.32. The van der Waals surface area contributed by atoms with Gasteiger partial charge in [-0.05, 0) is 7.05 Å². The highest BCUT2D eigenvalue weighted by Crippen LogP contribution is 2.14. The predicted octanol–water partition coefficient (Wildman–Crippen LogP) is 0.247. The molecular weight excluding hydrogens is 234 g/mol. The summed E-state index contributed by atoms with van der Waals surface area (Å²) in [6, 6.07) is 0.164. The van der Waals surface area contributed by atoms with Crippen molar-refractivity contribution < 1.29 is 9.26 Å². The summed E-state index contributed by atoms with van der Waals surface area (Å²) in [7, 11) is 5.39. The number of hydrogen-bond acceptors (Lipinski definition) is 6. The number of methoxy groups -OCH3 is 1. The van der Waals surface area contributed by atoms with Crippen LogP contribution < -0.4 is 5.32 Å². The lowest BCUT2D eigenvalue weighted by Gasteiger charge is -2.11. The summed E-state index contributed by atoms with van der Waals surface area (Å²) in [6.07, 6.45) is 4.19. The minimum absolute atomic E-state index is 0.164. The highest BCUT2D eigenvalue weighted by atomic mass is 16.5. The molecule has 0 saturated carbocycles. The normalized spacial score (nSPS) is 12.8. The summed E-state index contributed by atoms with van der Waals surface area (Å²) in [6.45, 7) is 0.598. The van der Waals surface area contributed by atoms with Gasteiger partial charge in [0.1, 0.15) is 0 Å². The first kappa shape index (κ1) is 12.7. The van der Waals surface area contributed by atoms with Crippen molar-refractivity contribution in [3.05, 3.63) is 18.3 Å². The largest absolute Gasteiger partial charge is 0.383 e. The number of ether oxygens (including phenoxy) is 1. The van der Waals surface area contributed by atoms with Crippen molar-refractivity contribution in [2.45, 2.75) is 12.5 Å². The third-order valence-corrected chi connectivity index (χ3v) is 2.63. The lowest BCUT2D eigenvalue weighted by molar-refractivity contribution is 0.165. The van der Waals surface area contributed by atoms with Gasteiger partial charge in [-0.3, -0.25) is 4.68 Å². The third-order valence-electron chi connectivity index (χ3n) is 2.63. The van der Waals surface area contributed by atoms with E-state index in [2.05, 4.69) is 20.6 Å². The van der Waals surface area contributed by atoms with E-state index >= 15 is 0 Å². The van der Waals surface area contributed by atoms with Crippen molar-refractivity contribution in [1.82, 2.24) is 25.2 Å². The van der Waals surface area contributed by atoms with Gasteiger partial charge in [0.2, 0.25) is 11.7 Å². The van der Waals surface area contributed by atoms with Gasteiger partial charge in [0.25, 0.3) is 0 Å². The Bertz CT molecular complexity index is 493. The number of nitrogens with zero attached hydrogens (tertiary/aromatic N) is 4. The molecule has 0 aliphatic carbocycles. The molecule has 0 aliphatic heterocycles. The molecular formula is C11H17N5O2. The molecule has 2 rings (SSSR count). The maximum Gasteiger partial charge on any atom is 0.228 e. The summed E-state index contributed by atoms with van der Waals surface area (Å²) in [5.74, 6) is 1.15. The first-order valence-electron chi connectivity index (χ1n) is 5.70. The highest BCUT2D eigenvalue weighted by Gasteiger charge is 2.14. The molecule has 2 aromatic heterocycles. The Morgan fingerprint density at radius 3 is 3.00 bits per heavy atom. The monoisotopic (exact) mass is 251 g/mol. The molecule has 2 heterocycles. The fourth-order valence-electron chi connectivity index (χ4n) is 1.65. The van der Waals surface area contributed by atoms with Gasteiger partial charge in [0, 0.05) is 32.8 Å². The summed E-state index contributed by atoms with van der Waals surface area (Å²) < 4.78 is 12.0. The molecule has 18 heavy (non-hydrogen) atoms. The Kier molecular flexibility index (Phi) is 4.06. The minimum atomic E-state index is 0.164. The van der Waals surface area contributed by atoms with E-state index in [9.17, 15) is 0 Å². The first-order valence-corrected chi connectivity index (χ1v) is 5.70. The standard InChI is InChI=1S/C11H17N5O2/c1-12-9(7-17-3)4-10-14-11(15-18-10)8-5-13-16(2)6-8/h5-6,9,12H,4,7H2,1-3H3. The maximum absolute atomic E-state index is 5.21. The van der Waals surface area contributed by atoms with Crippen LogP contribution >= 0.6 is 0 Å². The van der Waals surface area contributed by atoms with E-state index in [1.807, 2.05) is 20.3 Å². The molecule has 0 fully saturated rings. The molecule has 0 amide bonds. The number of aromatic nitrogens is 4. The van der Waals surface area contributed by atoms with Gasteiger partial charge in [-0.15, -0.1) is 0 Å². The van der Waals surface area contributed by atoms with Crippen LogP contribution in [0.1, 0.15) is 5.89 Å². The van der Waals surface area contributed by atoms with Crippen LogP contribution in [-0.2, 0) is 18.2 Å². The molecule has 0 saturated heterocycles. The Hall–Kier alpha value is -1.73. The van der Waals surface area contributed by atoms with Crippen molar-refractivity contribution in [2.75, 3.05) is 20.8 Å². The van der Waals surface area contributed by atoms with Crippen LogP contribution in [0.4, 0.5) is 0 Å². The number of hydrogen-bond donors (Lipinski definition) is 1. The molecule has 2 aromatic rings. The molecule has 0 aliphatic rings. The summed E-state index contributed by atoms with van der Waals surface area (Å²) in [5.41, 5.74) is 0.847. The average Bonchev–Trinajstić information content (AvgIpc) is 2.97. The molecule has 1 atom stereocenters. The van der Waals surface area contributed by atoms with Crippen molar-refractivity contribution in [3.8, 4) is 11.4 Å². The van der Waals surface area contributed by atoms with E-state index in [0.717, 1.165) is 5.56 Å². The Balaban J connectivity index is 2.06. The molecule has 0 aromatic carbocycles. The summed E-state index contributed by atoms with van der Waals surface area (Å²) in [4.78, 5) is 4.34. The molecule has 1 N–H and O–H groups in total. The minimum Gasteiger partial charge on any atom is -0.383 e. The molecule has 1 unspecified atom stereocenters. The second kappa shape index (κ2) is 5.74. The molecule has 7 heteroatoms. The van der Waals surface area contributed by atoms with Gasteiger partial charge in [-0.1, -0.05) is 5.16 Å². The lowest BCUT2D eigenvalue weighted by atomic mass is 10.2. The molecule has 0 bridgehead atoms. The van der Waals surface area contributed by atoms with E-state index in [-0.39, 0.29) is 6.04 Å². The van der Waals surface area contributed by atoms with Gasteiger partial charge in [-0.2, -0.15) is 10.1 Å².